The third-order valence-corrected chi connectivity index (χ3v) is 6.94. The van der Waals surface area contributed by atoms with Gasteiger partial charge in [-0.2, -0.15) is 5.10 Å². The molecule has 0 spiro atoms. The Morgan fingerprint density at radius 2 is 1.66 bits per heavy atom. The maximum Gasteiger partial charge on any atom is 0.257 e. The van der Waals surface area contributed by atoms with E-state index in [2.05, 4.69) is 77.3 Å². The predicted octanol–water partition coefficient (Wildman–Crippen LogP) is -3.76. The average molecular weight is 499 g/mol. The molecule has 0 aliphatic carbocycles. The average Bonchev–Trinajstić information content (AvgIpc) is 3.39. The lowest BCUT2D eigenvalue weighted by atomic mass is 9.48. The molecule has 1 amide bonds. The largest absolute Gasteiger partial charge is 0.354 e. The molecule has 5 heterocycles. The zero-order valence-electron chi connectivity index (χ0n) is 23.1. The maximum absolute atomic E-state index is 13.1. The van der Waals surface area contributed by atoms with Crippen LogP contribution in [-0.4, -0.2) is 114 Å². The van der Waals surface area contributed by atoms with E-state index >= 15 is 0 Å². The Balaban J connectivity index is 1.31. The monoisotopic (exact) mass is 500 g/mol. The lowest BCUT2D eigenvalue weighted by Gasteiger charge is -2.43. The van der Waals surface area contributed by atoms with Gasteiger partial charge in [-0.25, -0.2) is 15.0 Å². The zero-order valence-corrected chi connectivity index (χ0v) is 23.1. The van der Waals surface area contributed by atoms with E-state index in [4.69, 9.17) is 4.98 Å². The molecule has 4 aromatic rings. The fourth-order valence-corrected chi connectivity index (χ4v) is 4.59. The molecular formula is C23H30B6N8O. The third-order valence-electron chi connectivity index (χ3n) is 6.94. The summed E-state index contributed by atoms with van der Waals surface area (Å²) >= 11 is 0. The first kappa shape index (κ1) is 26.2. The van der Waals surface area contributed by atoms with Gasteiger partial charge in [0, 0.05) is 67.3 Å². The molecule has 186 valence electrons. The van der Waals surface area contributed by atoms with Crippen LogP contribution < -0.4 is 10.2 Å². The number of hydrogen-bond acceptors (Lipinski definition) is 7. The van der Waals surface area contributed by atoms with Crippen LogP contribution in [0.4, 0.5) is 11.6 Å². The van der Waals surface area contributed by atoms with Gasteiger partial charge in [-0.3, -0.25) is 9.48 Å². The van der Waals surface area contributed by atoms with Gasteiger partial charge in [0.25, 0.3) is 5.91 Å². The Morgan fingerprint density at radius 1 is 0.895 bits per heavy atom. The van der Waals surface area contributed by atoms with E-state index in [1.165, 1.54) is 0 Å². The standard InChI is InChI=1S/C23H30B6N8O/c24-22(25,26)36-7-5-35(6-8-36)20-9-14(3-4-30-20)21(38)34-19-10-18-15(11-31-19)1-2-17(33-18)16-12-32-37(13-16)23(27,28)29/h1-4,9-13H,5-8,24-29H2,(H,31,34,38). The van der Waals surface area contributed by atoms with Gasteiger partial charge in [-0.1, -0.05) is 5.24 Å². The summed E-state index contributed by atoms with van der Waals surface area (Å²) in [6.07, 6.45) is 7.25. The number of piperazine rings is 1. The van der Waals surface area contributed by atoms with Gasteiger partial charge < -0.3 is 15.1 Å². The number of amides is 1. The minimum absolute atomic E-state index is 0.107. The Labute approximate surface area is 228 Å². The van der Waals surface area contributed by atoms with Gasteiger partial charge in [-0.05, 0) is 29.5 Å². The van der Waals surface area contributed by atoms with Crippen LogP contribution in [0.2, 0.25) is 0 Å². The molecular weight excluding hydrogens is 469 g/mol. The highest BCUT2D eigenvalue weighted by molar-refractivity contribution is 6.59. The van der Waals surface area contributed by atoms with Crippen LogP contribution in [0.5, 0.6) is 0 Å². The predicted molar refractivity (Wildman–Crippen MR) is 169 cm³/mol. The number of nitrogens with one attached hydrogen (secondary N) is 1. The highest BCUT2D eigenvalue weighted by Gasteiger charge is 2.26. The van der Waals surface area contributed by atoms with Crippen LogP contribution in [0.3, 0.4) is 0 Å². The van der Waals surface area contributed by atoms with Gasteiger partial charge in [-0.15, -0.1) is 0 Å². The van der Waals surface area contributed by atoms with E-state index in [-0.39, 0.29) is 16.4 Å². The summed E-state index contributed by atoms with van der Waals surface area (Å²) < 4.78 is 1.93. The molecule has 9 nitrogen and oxygen atoms in total. The fourth-order valence-electron chi connectivity index (χ4n) is 4.59. The minimum Gasteiger partial charge on any atom is -0.354 e. The van der Waals surface area contributed by atoms with Crippen molar-refractivity contribution in [1.82, 2.24) is 29.6 Å². The lowest BCUT2D eigenvalue weighted by molar-refractivity contribution is 0.102. The van der Waals surface area contributed by atoms with Crippen molar-refractivity contribution < 1.29 is 4.79 Å². The Morgan fingerprint density at radius 3 is 2.34 bits per heavy atom. The topological polar surface area (TPSA) is 92.1 Å². The van der Waals surface area contributed by atoms with Crippen molar-refractivity contribution in [1.29, 1.82) is 0 Å². The highest BCUT2D eigenvalue weighted by atomic mass is 16.1. The SMILES string of the molecule is BC(B)(B)N1CCN(c2cc(C(=O)Nc3cc4nc(-c5cnn(C(B)(B)B)c5)ccc4cn3)ccn2)CC1. The molecule has 5 rings (SSSR count). The van der Waals surface area contributed by atoms with Crippen LogP contribution >= 0.6 is 0 Å². The van der Waals surface area contributed by atoms with E-state index in [9.17, 15) is 4.79 Å². The van der Waals surface area contributed by atoms with Gasteiger partial charge >= 0.3 is 0 Å². The number of rotatable bonds is 6. The number of aromatic nitrogens is 5. The van der Waals surface area contributed by atoms with Crippen LogP contribution in [-0.2, 0) is 5.24 Å². The lowest BCUT2D eigenvalue weighted by Crippen LogP contribution is -2.58. The summed E-state index contributed by atoms with van der Waals surface area (Å²) in [5.41, 5.74) is 3.06. The first-order valence-corrected chi connectivity index (χ1v) is 13.1. The molecule has 0 unspecified atom stereocenters. The molecule has 1 fully saturated rings. The normalized spacial score (nSPS) is 15.0. The quantitative estimate of drug-likeness (QED) is 0.273. The van der Waals surface area contributed by atoms with E-state index < -0.39 is 0 Å². The molecule has 4 aromatic heterocycles. The van der Waals surface area contributed by atoms with Gasteiger partial charge in [0.2, 0.25) is 0 Å². The summed E-state index contributed by atoms with van der Waals surface area (Å²) in [5.74, 6) is 1.05. The van der Waals surface area contributed by atoms with Crippen LogP contribution in [0.15, 0.2) is 55.1 Å². The van der Waals surface area contributed by atoms with Crippen molar-refractivity contribution in [2.24, 2.45) is 0 Å². The number of fused-ring (bicyclic) bond motifs is 1. The minimum atomic E-state index is -0.226. The number of anilines is 2. The molecule has 1 aliphatic rings. The molecule has 15 heteroatoms. The first-order chi connectivity index (χ1) is 18.0. The molecule has 1 aliphatic heterocycles. The molecule has 1 saturated heterocycles. The van der Waals surface area contributed by atoms with Crippen molar-refractivity contribution >= 4 is 75.5 Å². The fraction of sp³-hybridized carbons (Fsp3) is 0.261. The van der Waals surface area contributed by atoms with E-state index in [0.717, 1.165) is 54.2 Å². The molecule has 0 bridgehead atoms. The van der Waals surface area contributed by atoms with Crippen LogP contribution in [0.1, 0.15) is 10.4 Å². The Kier molecular flexibility index (Phi) is 6.90. The van der Waals surface area contributed by atoms with Crippen LogP contribution in [0, 0.1) is 0 Å². The molecule has 0 saturated carbocycles. The number of carbonyl (C=O) groups is 1. The Hall–Kier alpha value is -3.46. The number of hydrogen-bond donors (Lipinski definition) is 1. The Bertz CT molecular complexity index is 1480. The number of pyridine rings is 3. The van der Waals surface area contributed by atoms with Crippen LogP contribution in [0.25, 0.3) is 22.2 Å². The summed E-state index contributed by atoms with van der Waals surface area (Å²) in [6.45, 7) is 3.69. The van der Waals surface area contributed by atoms with Crippen molar-refractivity contribution in [3.8, 4) is 11.3 Å². The van der Waals surface area contributed by atoms with E-state index in [0.29, 0.717) is 11.4 Å². The van der Waals surface area contributed by atoms with Crippen molar-refractivity contribution in [3.05, 3.63) is 60.7 Å². The second kappa shape index (κ2) is 10.0. The molecule has 0 atom stereocenters. The van der Waals surface area contributed by atoms with Crippen molar-refractivity contribution in [2.75, 3.05) is 36.4 Å². The molecule has 0 aromatic carbocycles. The van der Waals surface area contributed by atoms with Gasteiger partial charge in [0.15, 0.2) is 0 Å². The maximum atomic E-state index is 13.1. The molecule has 38 heavy (non-hydrogen) atoms. The smallest absolute Gasteiger partial charge is 0.257 e. The van der Waals surface area contributed by atoms with Crippen molar-refractivity contribution in [3.63, 3.8) is 0 Å². The summed E-state index contributed by atoms with van der Waals surface area (Å²) in [4.78, 5) is 31.6. The summed E-state index contributed by atoms with van der Waals surface area (Å²) in [7, 11) is 13.0. The zero-order chi connectivity index (χ0) is 27.1. The van der Waals surface area contributed by atoms with Gasteiger partial charge in [0.05, 0.1) is 17.4 Å². The van der Waals surface area contributed by atoms with Gasteiger partial charge in [0.1, 0.15) is 58.7 Å². The first-order valence-electron chi connectivity index (χ1n) is 13.1. The second-order valence-electron chi connectivity index (χ2n) is 11.8. The van der Waals surface area contributed by atoms with E-state index in [1.807, 2.05) is 35.3 Å². The highest BCUT2D eigenvalue weighted by Crippen LogP contribution is 2.23. The second-order valence-corrected chi connectivity index (χ2v) is 11.8. The van der Waals surface area contributed by atoms with Crippen molar-refractivity contribution in [2.45, 2.75) is 10.5 Å². The molecule has 1 N–H and O–H groups in total. The number of carbonyl (C=O) groups excluding carboxylic acids is 1. The number of nitrogens with zero attached hydrogens (tertiary/aromatic N) is 7. The van der Waals surface area contributed by atoms with E-state index in [1.54, 1.807) is 24.5 Å². The molecule has 0 radical (unpaired) electrons. The third kappa shape index (κ3) is 5.67. The summed E-state index contributed by atoms with van der Waals surface area (Å²) in [5, 5.41) is 8.36. The summed E-state index contributed by atoms with van der Waals surface area (Å²) in [6, 6.07) is 9.34.